The zero-order chi connectivity index (χ0) is 12.8. The SMILES string of the molecule is O=C(COCCc1ccccc1)c1ccc(Br)s1. The molecule has 0 amide bonds. The summed E-state index contributed by atoms with van der Waals surface area (Å²) in [5, 5.41) is 0. The molecule has 4 heteroatoms. The Morgan fingerprint density at radius 3 is 2.61 bits per heavy atom. The zero-order valence-corrected chi connectivity index (χ0v) is 12.2. The van der Waals surface area contributed by atoms with Gasteiger partial charge in [0.25, 0.3) is 0 Å². The van der Waals surface area contributed by atoms with Crippen LogP contribution in [-0.2, 0) is 11.2 Å². The molecule has 94 valence electrons. The van der Waals surface area contributed by atoms with Crippen LogP contribution in [0.1, 0.15) is 15.2 Å². The van der Waals surface area contributed by atoms with Crippen molar-refractivity contribution in [2.45, 2.75) is 6.42 Å². The van der Waals surface area contributed by atoms with Crippen molar-refractivity contribution in [2.24, 2.45) is 0 Å². The maximum absolute atomic E-state index is 11.7. The van der Waals surface area contributed by atoms with Gasteiger partial charge in [0.2, 0.25) is 0 Å². The first-order chi connectivity index (χ1) is 8.75. The molecule has 0 aliphatic carbocycles. The molecule has 0 radical (unpaired) electrons. The molecule has 1 aromatic heterocycles. The Kier molecular flexibility index (Phi) is 5.11. The van der Waals surface area contributed by atoms with Crippen molar-refractivity contribution in [1.82, 2.24) is 0 Å². The number of ether oxygens (including phenoxy) is 1. The Labute approximate surface area is 119 Å². The van der Waals surface area contributed by atoms with E-state index in [1.165, 1.54) is 16.9 Å². The number of halogens is 1. The topological polar surface area (TPSA) is 26.3 Å². The Hall–Kier alpha value is -0.970. The molecule has 0 saturated carbocycles. The number of hydrogen-bond donors (Lipinski definition) is 0. The van der Waals surface area contributed by atoms with Crippen LogP contribution in [-0.4, -0.2) is 19.0 Å². The molecule has 0 saturated heterocycles. The highest BCUT2D eigenvalue weighted by molar-refractivity contribution is 9.11. The van der Waals surface area contributed by atoms with E-state index in [0.29, 0.717) is 6.61 Å². The molecule has 0 bridgehead atoms. The lowest BCUT2D eigenvalue weighted by atomic mass is 10.2. The predicted molar refractivity (Wildman–Crippen MR) is 77.3 cm³/mol. The van der Waals surface area contributed by atoms with Gasteiger partial charge in [-0.3, -0.25) is 4.79 Å². The van der Waals surface area contributed by atoms with Crippen molar-refractivity contribution in [3.63, 3.8) is 0 Å². The van der Waals surface area contributed by atoms with E-state index < -0.39 is 0 Å². The third-order valence-electron chi connectivity index (χ3n) is 2.46. The standard InChI is InChI=1S/C14H13BrO2S/c15-14-7-6-13(18-14)12(16)10-17-9-8-11-4-2-1-3-5-11/h1-7H,8-10H2. The number of benzene rings is 1. The van der Waals surface area contributed by atoms with Gasteiger partial charge < -0.3 is 4.74 Å². The highest BCUT2D eigenvalue weighted by Gasteiger charge is 2.08. The molecule has 1 heterocycles. The summed E-state index contributed by atoms with van der Waals surface area (Å²) in [6.07, 6.45) is 0.836. The molecule has 2 nitrogen and oxygen atoms in total. The van der Waals surface area contributed by atoms with E-state index in [2.05, 4.69) is 28.1 Å². The first kappa shape index (κ1) is 13.5. The smallest absolute Gasteiger partial charge is 0.198 e. The molecule has 18 heavy (non-hydrogen) atoms. The molecule has 1 aromatic carbocycles. The fourth-order valence-electron chi connectivity index (χ4n) is 1.53. The van der Waals surface area contributed by atoms with Gasteiger partial charge in [0.1, 0.15) is 6.61 Å². The molecule has 2 aromatic rings. The van der Waals surface area contributed by atoms with Crippen molar-refractivity contribution in [3.05, 3.63) is 56.7 Å². The van der Waals surface area contributed by atoms with Crippen molar-refractivity contribution in [3.8, 4) is 0 Å². The fourth-order valence-corrected chi connectivity index (χ4v) is 2.85. The monoisotopic (exact) mass is 324 g/mol. The average molecular weight is 325 g/mol. The molecule has 0 spiro atoms. The average Bonchev–Trinajstić information content (AvgIpc) is 2.82. The Bertz CT molecular complexity index is 508. The van der Waals surface area contributed by atoms with Crippen LogP contribution in [0.25, 0.3) is 0 Å². The minimum atomic E-state index is 0.0405. The minimum Gasteiger partial charge on any atom is -0.373 e. The van der Waals surface area contributed by atoms with E-state index in [4.69, 9.17) is 4.74 Å². The summed E-state index contributed by atoms with van der Waals surface area (Å²) in [4.78, 5) is 12.5. The second-order valence-corrected chi connectivity index (χ2v) is 6.28. The van der Waals surface area contributed by atoms with Crippen LogP contribution in [0.3, 0.4) is 0 Å². The van der Waals surface area contributed by atoms with Crippen LogP contribution >= 0.6 is 27.3 Å². The summed E-state index contributed by atoms with van der Waals surface area (Å²) < 4.78 is 6.37. The van der Waals surface area contributed by atoms with Crippen molar-refractivity contribution >= 4 is 33.0 Å². The van der Waals surface area contributed by atoms with E-state index in [-0.39, 0.29) is 12.4 Å². The van der Waals surface area contributed by atoms with E-state index in [9.17, 15) is 4.79 Å². The zero-order valence-electron chi connectivity index (χ0n) is 9.77. The highest BCUT2D eigenvalue weighted by atomic mass is 79.9. The summed E-state index contributed by atoms with van der Waals surface area (Å²) in [6, 6.07) is 13.8. The van der Waals surface area contributed by atoms with Gasteiger partial charge >= 0.3 is 0 Å². The normalized spacial score (nSPS) is 10.5. The van der Waals surface area contributed by atoms with Crippen LogP contribution < -0.4 is 0 Å². The molecular formula is C14H13BrO2S. The largest absolute Gasteiger partial charge is 0.373 e. The van der Waals surface area contributed by atoms with Crippen molar-refractivity contribution in [1.29, 1.82) is 0 Å². The number of carbonyl (C=O) groups excluding carboxylic acids is 1. The summed E-state index contributed by atoms with van der Waals surface area (Å²) >= 11 is 4.78. The van der Waals surface area contributed by atoms with E-state index >= 15 is 0 Å². The third kappa shape index (κ3) is 4.05. The van der Waals surface area contributed by atoms with Gasteiger partial charge in [0.15, 0.2) is 5.78 Å². The fraction of sp³-hybridized carbons (Fsp3) is 0.214. The van der Waals surface area contributed by atoms with E-state index in [1.807, 2.05) is 30.3 Å². The van der Waals surface area contributed by atoms with Crippen molar-refractivity contribution < 1.29 is 9.53 Å². The number of rotatable bonds is 6. The lowest BCUT2D eigenvalue weighted by Gasteiger charge is -2.02. The maximum Gasteiger partial charge on any atom is 0.198 e. The highest BCUT2D eigenvalue weighted by Crippen LogP contribution is 2.22. The van der Waals surface area contributed by atoms with Crippen LogP contribution in [0.4, 0.5) is 0 Å². The number of hydrogen-bond acceptors (Lipinski definition) is 3. The van der Waals surface area contributed by atoms with Gasteiger partial charge in [-0.1, -0.05) is 30.3 Å². The molecule has 0 N–H and O–H groups in total. The number of ketones is 1. The van der Waals surface area contributed by atoms with Crippen LogP contribution in [0.5, 0.6) is 0 Å². The number of thiophene rings is 1. The third-order valence-corrected chi connectivity index (χ3v) is 4.12. The Morgan fingerprint density at radius 2 is 1.94 bits per heavy atom. The lowest BCUT2D eigenvalue weighted by Crippen LogP contribution is -2.09. The molecule has 0 fully saturated rings. The Morgan fingerprint density at radius 1 is 1.17 bits per heavy atom. The quantitative estimate of drug-likeness (QED) is 0.594. The summed E-state index contributed by atoms with van der Waals surface area (Å²) in [6.45, 7) is 0.724. The first-order valence-corrected chi connectivity index (χ1v) is 7.27. The van der Waals surface area contributed by atoms with Gasteiger partial charge in [-0.25, -0.2) is 0 Å². The molecule has 0 aliphatic heterocycles. The second-order valence-electron chi connectivity index (χ2n) is 3.82. The Balaban J connectivity index is 1.71. The van der Waals surface area contributed by atoms with Crippen molar-refractivity contribution in [2.75, 3.05) is 13.2 Å². The number of carbonyl (C=O) groups is 1. The molecular weight excluding hydrogens is 312 g/mol. The van der Waals surface area contributed by atoms with Gasteiger partial charge in [-0.05, 0) is 40.0 Å². The molecule has 0 atom stereocenters. The number of Topliss-reactive ketones (excluding diaryl/α,β-unsaturated/α-hetero) is 1. The van der Waals surface area contributed by atoms with Gasteiger partial charge in [-0.2, -0.15) is 0 Å². The second kappa shape index (κ2) is 6.83. The van der Waals surface area contributed by atoms with Crippen LogP contribution in [0, 0.1) is 0 Å². The van der Waals surface area contributed by atoms with E-state index in [1.54, 1.807) is 0 Å². The lowest BCUT2D eigenvalue weighted by molar-refractivity contribution is 0.0769. The first-order valence-electron chi connectivity index (χ1n) is 5.66. The minimum absolute atomic E-state index is 0.0405. The maximum atomic E-state index is 11.7. The summed E-state index contributed by atoms with van der Waals surface area (Å²) in [5.74, 6) is 0.0405. The van der Waals surface area contributed by atoms with E-state index in [0.717, 1.165) is 15.1 Å². The van der Waals surface area contributed by atoms with Crippen LogP contribution in [0.15, 0.2) is 46.3 Å². The van der Waals surface area contributed by atoms with Gasteiger partial charge in [0, 0.05) is 0 Å². The molecule has 2 rings (SSSR count). The summed E-state index contributed by atoms with van der Waals surface area (Å²) in [5.41, 5.74) is 1.23. The van der Waals surface area contributed by atoms with Gasteiger partial charge in [0.05, 0.1) is 15.3 Å². The molecule has 0 unspecified atom stereocenters. The molecule has 0 aliphatic rings. The summed E-state index contributed by atoms with van der Waals surface area (Å²) in [7, 11) is 0. The van der Waals surface area contributed by atoms with Gasteiger partial charge in [-0.15, -0.1) is 11.3 Å². The van der Waals surface area contributed by atoms with Crippen LogP contribution in [0.2, 0.25) is 0 Å². The predicted octanol–water partition coefficient (Wildman–Crippen LogP) is 3.95.